The fourth-order valence-electron chi connectivity index (χ4n) is 1.77. The third-order valence-electron chi connectivity index (χ3n) is 2.54. The maximum Gasteiger partial charge on any atom is 0.268 e. The second kappa shape index (κ2) is 4.98. The molecule has 0 radical (unpaired) electrons. The van der Waals surface area contributed by atoms with Crippen molar-refractivity contribution in [3.05, 3.63) is 35.5 Å². The number of hydrogen-bond acceptors (Lipinski definition) is 6. The molecular weight excluding hydrogens is 270 g/mol. The standard InChI is InChI=1S/C11H13N3O4S/c1-7-9(6-15)10(8(2)18-7)19(16,17)14-11-12-4-3-5-13-11/h3-5,15H,6H2,1-2H3,(H,12,13,14). The largest absolute Gasteiger partial charge is 0.465 e. The van der Waals surface area contributed by atoms with Crippen molar-refractivity contribution in [3.8, 4) is 0 Å². The molecule has 2 N–H and O–H groups in total. The fraction of sp³-hybridized carbons (Fsp3) is 0.273. The molecule has 0 aliphatic rings. The topological polar surface area (TPSA) is 105 Å². The number of nitrogens with zero attached hydrogens (tertiary/aromatic N) is 2. The van der Waals surface area contributed by atoms with Gasteiger partial charge in [0.25, 0.3) is 10.0 Å². The smallest absolute Gasteiger partial charge is 0.268 e. The number of aliphatic hydroxyl groups excluding tert-OH is 1. The highest BCUT2D eigenvalue weighted by molar-refractivity contribution is 7.92. The molecule has 2 aromatic rings. The maximum atomic E-state index is 12.3. The number of sulfonamides is 1. The summed E-state index contributed by atoms with van der Waals surface area (Å²) in [7, 11) is -3.89. The Hall–Kier alpha value is -1.93. The molecule has 0 aliphatic heterocycles. The van der Waals surface area contributed by atoms with Crippen molar-refractivity contribution in [2.24, 2.45) is 0 Å². The van der Waals surface area contributed by atoms with Crippen LogP contribution < -0.4 is 4.72 Å². The highest BCUT2D eigenvalue weighted by Gasteiger charge is 2.27. The number of hydrogen-bond donors (Lipinski definition) is 2. The van der Waals surface area contributed by atoms with Gasteiger partial charge in [0.1, 0.15) is 16.4 Å². The molecule has 0 saturated carbocycles. The van der Waals surface area contributed by atoms with E-state index in [0.717, 1.165) is 0 Å². The van der Waals surface area contributed by atoms with Crippen molar-refractivity contribution < 1.29 is 17.9 Å². The lowest BCUT2D eigenvalue weighted by Gasteiger charge is -2.06. The van der Waals surface area contributed by atoms with Gasteiger partial charge in [0.15, 0.2) is 0 Å². The summed E-state index contributed by atoms with van der Waals surface area (Å²) in [4.78, 5) is 7.50. The predicted molar refractivity (Wildman–Crippen MR) is 66.9 cm³/mol. The highest BCUT2D eigenvalue weighted by atomic mass is 32.2. The molecule has 2 aromatic heterocycles. The molecule has 2 heterocycles. The molecule has 0 spiro atoms. The van der Waals surface area contributed by atoms with Crippen LogP contribution in [0.25, 0.3) is 0 Å². The molecule has 2 rings (SSSR count). The van der Waals surface area contributed by atoms with Crippen molar-refractivity contribution in [2.75, 3.05) is 4.72 Å². The second-order valence-electron chi connectivity index (χ2n) is 3.86. The summed E-state index contributed by atoms with van der Waals surface area (Å²) in [5.41, 5.74) is 0.237. The monoisotopic (exact) mass is 283 g/mol. The van der Waals surface area contributed by atoms with E-state index < -0.39 is 16.6 Å². The minimum atomic E-state index is -3.89. The number of rotatable bonds is 4. The van der Waals surface area contributed by atoms with Crippen molar-refractivity contribution in [3.63, 3.8) is 0 Å². The zero-order valence-electron chi connectivity index (χ0n) is 10.4. The Kier molecular flexibility index (Phi) is 3.54. The second-order valence-corrected chi connectivity index (χ2v) is 5.48. The zero-order valence-corrected chi connectivity index (χ0v) is 11.2. The van der Waals surface area contributed by atoms with Crippen LogP contribution in [0.15, 0.2) is 27.8 Å². The Balaban J connectivity index is 2.46. The third-order valence-corrected chi connectivity index (χ3v) is 4.07. The van der Waals surface area contributed by atoms with E-state index in [1.807, 2.05) is 0 Å². The Bertz CT molecular complexity index is 679. The molecule has 0 saturated heterocycles. The van der Waals surface area contributed by atoms with Gasteiger partial charge in [0.2, 0.25) is 5.95 Å². The number of aliphatic hydroxyl groups is 1. The van der Waals surface area contributed by atoms with Gasteiger partial charge < -0.3 is 9.52 Å². The molecular formula is C11H13N3O4S. The zero-order chi connectivity index (χ0) is 14.0. The molecule has 0 unspecified atom stereocenters. The van der Waals surface area contributed by atoms with E-state index in [9.17, 15) is 13.5 Å². The van der Waals surface area contributed by atoms with Crippen LogP contribution in [0, 0.1) is 13.8 Å². The van der Waals surface area contributed by atoms with Gasteiger partial charge in [-0.25, -0.2) is 23.1 Å². The molecule has 8 heteroatoms. The average molecular weight is 283 g/mol. The molecule has 19 heavy (non-hydrogen) atoms. The quantitative estimate of drug-likeness (QED) is 0.866. The summed E-state index contributed by atoms with van der Waals surface area (Å²) in [5, 5.41) is 9.26. The van der Waals surface area contributed by atoms with Gasteiger partial charge in [-0.1, -0.05) is 0 Å². The third kappa shape index (κ3) is 2.59. The summed E-state index contributed by atoms with van der Waals surface area (Å²) in [6, 6.07) is 1.57. The number of anilines is 1. The van der Waals surface area contributed by atoms with Crippen LogP contribution in [-0.2, 0) is 16.6 Å². The maximum absolute atomic E-state index is 12.3. The minimum absolute atomic E-state index is 0.0374. The van der Waals surface area contributed by atoms with Gasteiger partial charge >= 0.3 is 0 Å². The summed E-state index contributed by atoms with van der Waals surface area (Å²) >= 11 is 0. The molecule has 7 nitrogen and oxygen atoms in total. The van der Waals surface area contributed by atoms with Crippen molar-refractivity contribution >= 4 is 16.0 Å². The molecule has 0 bridgehead atoms. The van der Waals surface area contributed by atoms with E-state index in [1.165, 1.54) is 19.3 Å². The van der Waals surface area contributed by atoms with Gasteiger partial charge in [-0.2, -0.15) is 0 Å². The van der Waals surface area contributed by atoms with Gasteiger partial charge in [-0.15, -0.1) is 0 Å². The fourth-order valence-corrected chi connectivity index (χ4v) is 3.17. The summed E-state index contributed by atoms with van der Waals surface area (Å²) in [6.07, 6.45) is 2.84. The normalized spacial score (nSPS) is 11.5. The van der Waals surface area contributed by atoms with E-state index in [-0.39, 0.29) is 22.2 Å². The van der Waals surface area contributed by atoms with Gasteiger partial charge in [-0.3, -0.25) is 0 Å². The van der Waals surface area contributed by atoms with Crippen LogP contribution in [0.2, 0.25) is 0 Å². The van der Waals surface area contributed by atoms with Crippen molar-refractivity contribution in [2.45, 2.75) is 25.3 Å². The molecule has 0 aliphatic carbocycles. The van der Waals surface area contributed by atoms with Gasteiger partial charge in [-0.05, 0) is 19.9 Å². The number of aromatic nitrogens is 2. The van der Waals surface area contributed by atoms with Crippen LogP contribution >= 0.6 is 0 Å². The van der Waals surface area contributed by atoms with Crippen LogP contribution in [0.4, 0.5) is 5.95 Å². The lowest BCUT2D eigenvalue weighted by molar-refractivity contribution is 0.276. The average Bonchev–Trinajstić information content (AvgIpc) is 2.64. The summed E-state index contributed by atoms with van der Waals surface area (Å²) < 4.78 is 32.0. The number of furan rings is 1. The summed E-state index contributed by atoms with van der Waals surface area (Å²) in [5.74, 6) is 0.545. The molecule has 0 atom stereocenters. The van der Waals surface area contributed by atoms with E-state index in [2.05, 4.69) is 14.7 Å². The Morgan fingerprint density at radius 1 is 1.26 bits per heavy atom. The Morgan fingerprint density at radius 3 is 2.47 bits per heavy atom. The SMILES string of the molecule is Cc1oc(C)c(S(=O)(=O)Nc2ncccn2)c1CO. The number of nitrogens with one attached hydrogen (secondary N) is 1. The van der Waals surface area contributed by atoms with E-state index in [0.29, 0.717) is 5.76 Å². The summed E-state index contributed by atoms with van der Waals surface area (Å²) in [6.45, 7) is 2.69. The minimum Gasteiger partial charge on any atom is -0.465 e. The number of aryl methyl sites for hydroxylation is 2. The van der Waals surface area contributed by atoms with Crippen molar-refractivity contribution in [1.82, 2.24) is 9.97 Å². The Labute approximate surface area is 110 Å². The van der Waals surface area contributed by atoms with Gasteiger partial charge in [0.05, 0.1) is 6.61 Å². The first-order valence-electron chi connectivity index (χ1n) is 5.45. The first-order chi connectivity index (χ1) is 8.95. The highest BCUT2D eigenvalue weighted by Crippen LogP contribution is 2.27. The molecule has 102 valence electrons. The van der Waals surface area contributed by atoms with Crippen LogP contribution in [0.1, 0.15) is 17.1 Å². The van der Waals surface area contributed by atoms with Crippen LogP contribution in [-0.4, -0.2) is 23.5 Å². The van der Waals surface area contributed by atoms with Crippen LogP contribution in [0.5, 0.6) is 0 Å². The Morgan fingerprint density at radius 2 is 1.89 bits per heavy atom. The van der Waals surface area contributed by atoms with E-state index in [1.54, 1.807) is 13.0 Å². The van der Waals surface area contributed by atoms with Crippen LogP contribution in [0.3, 0.4) is 0 Å². The molecule has 0 fully saturated rings. The predicted octanol–water partition coefficient (Wildman–Crippen LogP) is 0.980. The van der Waals surface area contributed by atoms with E-state index >= 15 is 0 Å². The lowest BCUT2D eigenvalue weighted by Crippen LogP contribution is -2.16. The van der Waals surface area contributed by atoms with E-state index in [4.69, 9.17) is 4.42 Å². The van der Waals surface area contributed by atoms with Gasteiger partial charge in [0, 0.05) is 18.0 Å². The lowest BCUT2D eigenvalue weighted by atomic mass is 10.2. The van der Waals surface area contributed by atoms with Crippen molar-refractivity contribution in [1.29, 1.82) is 0 Å². The molecule has 0 aromatic carbocycles. The first kappa shape index (κ1) is 13.5. The molecule has 0 amide bonds. The first-order valence-corrected chi connectivity index (χ1v) is 6.93.